The highest BCUT2D eigenvalue weighted by molar-refractivity contribution is 6.30. The van der Waals surface area contributed by atoms with Crippen LogP contribution in [0.4, 0.5) is 6.01 Å². The van der Waals surface area contributed by atoms with Gasteiger partial charge in [-0.1, -0.05) is 35.9 Å². The maximum atomic E-state index is 5.85. The van der Waals surface area contributed by atoms with Gasteiger partial charge in [-0.05, 0) is 36.2 Å². The molecule has 0 atom stereocenters. The smallest absolute Gasteiger partial charge is 0.295 e. The van der Waals surface area contributed by atoms with Crippen molar-refractivity contribution in [3.63, 3.8) is 0 Å². The highest BCUT2D eigenvalue weighted by Gasteiger charge is 2.03. The molecule has 1 N–H and O–H groups in total. The number of halogens is 1. The van der Waals surface area contributed by atoms with Crippen LogP contribution in [0, 0.1) is 0 Å². The molecule has 19 heavy (non-hydrogen) atoms. The number of fused-ring (bicyclic) bond motifs is 1. The number of nitrogens with zero attached hydrogens (tertiary/aromatic N) is 1. The van der Waals surface area contributed by atoms with E-state index >= 15 is 0 Å². The van der Waals surface area contributed by atoms with E-state index in [1.165, 1.54) is 5.56 Å². The quantitative estimate of drug-likeness (QED) is 0.776. The molecular weight excluding hydrogens is 260 g/mol. The van der Waals surface area contributed by atoms with E-state index in [1.807, 2.05) is 48.5 Å². The van der Waals surface area contributed by atoms with E-state index in [0.717, 1.165) is 29.1 Å². The number of para-hydroxylation sites is 2. The highest BCUT2D eigenvalue weighted by atomic mass is 35.5. The Morgan fingerprint density at radius 2 is 1.84 bits per heavy atom. The van der Waals surface area contributed by atoms with Crippen LogP contribution in [-0.4, -0.2) is 11.5 Å². The molecule has 0 spiro atoms. The van der Waals surface area contributed by atoms with Gasteiger partial charge in [-0.15, -0.1) is 0 Å². The predicted molar refractivity (Wildman–Crippen MR) is 77.7 cm³/mol. The van der Waals surface area contributed by atoms with Gasteiger partial charge in [0.2, 0.25) is 0 Å². The number of oxazole rings is 1. The average Bonchev–Trinajstić information content (AvgIpc) is 2.83. The van der Waals surface area contributed by atoms with E-state index in [1.54, 1.807) is 0 Å². The van der Waals surface area contributed by atoms with Gasteiger partial charge in [0, 0.05) is 11.6 Å². The second-order valence-corrected chi connectivity index (χ2v) is 4.73. The Bertz CT molecular complexity index is 643. The number of hydrogen-bond acceptors (Lipinski definition) is 3. The fourth-order valence-electron chi connectivity index (χ4n) is 1.91. The van der Waals surface area contributed by atoms with Crippen molar-refractivity contribution in [1.29, 1.82) is 0 Å². The fraction of sp³-hybridized carbons (Fsp3) is 0.133. The summed E-state index contributed by atoms with van der Waals surface area (Å²) in [4.78, 5) is 4.36. The maximum absolute atomic E-state index is 5.85. The van der Waals surface area contributed by atoms with Crippen molar-refractivity contribution in [2.45, 2.75) is 6.42 Å². The molecule has 1 aromatic heterocycles. The molecule has 0 radical (unpaired) electrons. The lowest BCUT2D eigenvalue weighted by molar-refractivity contribution is 0.614. The first kappa shape index (κ1) is 12.1. The largest absolute Gasteiger partial charge is 0.424 e. The first-order valence-corrected chi connectivity index (χ1v) is 6.53. The van der Waals surface area contributed by atoms with Gasteiger partial charge in [0.05, 0.1) is 0 Å². The molecule has 0 aliphatic carbocycles. The van der Waals surface area contributed by atoms with Crippen molar-refractivity contribution in [1.82, 2.24) is 4.98 Å². The Hall–Kier alpha value is -2.00. The number of nitrogens with one attached hydrogen (secondary N) is 1. The zero-order valence-electron chi connectivity index (χ0n) is 10.3. The van der Waals surface area contributed by atoms with Crippen LogP contribution in [0.3, 0.4) is 0 Å². The molecule has 0 amide bonds. The van der Waals surface area contributed by atoms with Gasteiger partial charge in [0.1, 0.15) is 5.52 Å². The molecule has 3 aromatic rings. The molecule has 0 aliphatic heterocycles. The minimum absolute atomic E-state index is 0.565. The van der Waals surface area contributed by atoms with Crippen molar-refractivity contribution < 1.29 is 4.42 Å². The Balaban J connectivity index is 1.61. The standard InChI is InChI=1S/C15H13ClN2O/c16-12-7-5-11(6-8-12)9-10-17-15-18-13-3-1-2-4-14(13)19-15/h1-8H,9-10H2,(H,17,18). The van der Waals surface area contributed by atoms with E-state index in [0.29, 0.717) is 6.01 Å². The molecule has 4 heteroatoms. The van der Waals surface area contributed by atoms with Gasteiger partial charge < -0.3 is 9.73 Å². The fourth-order valence-corrected chi connectivity index (χ4v) is 2.04. The summed E-state index contributed by atoms with van der Waals surface area (Å²) in [6.45, 7) is 0.772. The van der Waals surface area contributed by atoms with Crippen LogP contribution in [-0.2, 0) is 6.42 Å². The third kappa shape index (κ3) is 2.88. The number of benzene rings is 2. The molecule has 2 aromatic carbocycles. The van der Waals surface area contributed by atoms with Crippen LogP contribution in [0.25, 0.3) is 11.1 Å². The summed E-state index contributed by atoms with van der Waals surface area (Å²) >= 11 is 5.85. The first-order chi connectivity index (χ1) is 9.31. The van der Waals surface area contributed by atoms with Crippen molar-refractivity contribution in [3.8, 4) is 0 Å². The maximum Gasteiger partial charge on any atom is 0.295 e. The Morgan fingerprint density at radius 3 is 2.63 bits per heavy atom. The Morgan fingerprint density at radius 1 is 1.05 bits per heavy atom. The van der Waals surface area contributed by atoms with Crippen molar-refractivity contribution in [2.75, 3.05) is 11.9 Å². The minimum atomic E-state index is 0.565. The zero-order chi connectivity index (χ0) is 13.1. The van der Waals surface area contributed by atoms with E-state index in [-0.39, 0.29) is 0 Å². The second-order valence-electron chi connectivity index (χ2n) is 4.29. The third-order valence-electron chi connectivity index (χ3n) is 2.90. The van der Waals surface area contributed by atoms with Crippen LogP contribution in [0.1, 0.15) is 5.56 Å². The predicted octanol–water partition coefficient (Wildman–Crippen LogP) is 4.14. The molecular formula is C15H13ClN2O. The molecule has 0 unspecified atom stereocenters. The molecule has 3 nitrogen and oxygen atoms in total. The molecule has 0 bridgehead atoms. The number of hydrogen-bond donors (Lipinski definition) is 1. The van der Waals surface area contributed by atoms with E-state index in [4.69, 9.17) is 16.0 Å². The van der Waals surface area contributed by atoms with E-state index in [9.17, 15) is 0 Å². The summed E-state index contributed by atoms with van der Waals surface area (Å²) < 4.78 is 5.58. The summed E-state index contributed by atoms with van der Waals surface area (Å²) in [6.07, 6.45) is 0.899. The van der Waals surface area contributed by atoms with Crippen molar-refractivity contribution in [2.24, 2.45) is 0 Å². The minimum Gasteiger partial charge on any atom is -0.424 e. The summed E-state index contributed by atoms with van der Waals surface area (Å²) in [5.74, 6) is 0. The van der Waals surface area contributed by atoms with Gasteiger partial charge in [-0.3, -0.25) is 0 Å². The molecule has 1 heterocycles. The number of aromatic nitrogens is 1. The topological polar surface area (TPSA) is 38.1 Å². The summed E-state index contributed by atoms with van der Waals surface area (Å²) in [5.41, 5.74) is 2.90. The first-order valence-electron chi connectivity index (χ1n) is 6.15. The van der Waals surface area contributed by atoms with Gasteiger partial charge in [-0.25, -0.2) is 0 Å². The number of rotatable bonds is 4. The molecule has 0 aliphatic rings. The van der Waals surface area contributed by atoms with Gasteiger partial charge in [-0.2, -0.15) is 4.98 Å². The summed E-state index contributed by atoms with van der Waals surface area (Å²) in [5, 5.41) is 3.95. The lowest BCUT2D eigenvalue weighted by atomic mass is 10.1. The number of anilines is 1. The van der Waals surface area contributed by atoms with Gasteiger partial charge in [0.25, 0.3) is 6.01 Å². The van der Waals surface area contributed by atoms with Crippen LogP contribution >= 0.6 is 11.6 Å². The van der Waals surface area contributed by atoms with Crippen LogP contribution < -0.4 is 5.32 Å². The lowest BCUT2D eigenvalue weighted by Crippen LogP contribution is -2.04. The molecule has 0 fully saturated rings. The Kier molecular flexibility index (Phi) is 3.38. The Labute approximate surface area is 116 Å². The molecule has 3 rings (SSSR count). The summed E-state index contributed by atoms with van der Waals surface area (Å²) in [6, 6.07) is 16.1. The van der Waals surface area contributed by atoms with E-state index in [2.05, 4.69) is 10.3 Å². The third-order valence-corrected chi connectivity index (χ3v) is 3.15. The second kappa shape index (κ2) is 5.33. The van der Waals surface area contributed by atoms with Gasteiger partial charge in [0.15, 0.2) is 5.58 Å². The van der Waals surface area contributed by atoms with E-state index < -0.39 is 0 Å². The van der Waals surface area contributed by atoms with Crippen LogP contribution in [0.5, 0.6) is 0 Å². The zero-order valence-corrected chi connectivity index (χ0v) is 11.0. The normalized spacial score (nSPS) is 10.8. The SMILES string of the molecule is Clc1ccc(CCNc2nc3ccccc3o2)cc1. The van der Waals surface area contributed by atoms with Crippen LogP contribution in [0.15, 0.2) is 52.9 Å². The average molecular weight is 273 g/mol. The molecule has 96 valence electrons. The van der Waals surface area contributed by atoms with Gasteiger partial charge >= 0.3 is 0 Å². The molecule has 0 saturated carbocycles. The molecule has 0 saturated heterocycles. The van der Waals surface area contributed by atoms with Crippen molar-refractivity contribution >= 4 is 28.7 Å². The summed E-state index contributed by atoms with van der Waals surface area (Å²) in [7, 11) is 0. The lowest BCUT2D eigenvalue weighted by Gasteiger charge is -2.02. The highest BCUT2D eigenvalue weighted by Crippen LogP contribution is 2.18. The van der Waals surface area contributed by atoms with Crippen molar-refractivity contribution in [3.05, 3.63) is 59.1 Å². The monoisotopic (exact) mass is 272 g/mol. The van der Waals surface area contributed by atoms with Crippen LogP contribution in [0.2, 0.25) is 5.02 Å².